The van der Waals surface area contributed by atoms with Crippen LogP contribution in [0, 0.1) is 0 Å². The molecule has 0 saturated carbocycles. The highest BCUT2D eigenvalue weighted by atomic mass is 32.2. The lowest BCUT2D eigenvalue weighted by atomic mass is 10.1. The van der Waals surface area contributed by atoms with Crippen LogP contribution in [0.2, 0.25) is 0 Å². The second kappa shape index (κ2) is 10.2. The van der Waals surface area contributed by atoms with Crippen molar-refractivity contribution in [2.75, 3.05) is 37.4 Å². The maximum atomic E-state index is 12.8. The van der Waals surface area contributed by atoms with E-state index in [0.29, 0.717) is 30.1 Å². The lowest BCUT2D eigenvalue weighted by Crippen LogP contribution is -2.30. The minimum absolute atomic E-state index is 0.0362. The first-order valence-electron chi connectivity index (χ1n) is 9.55. The number of Topliss-reactive ketones (excluding diaryl/α,β-unsaturated/α-hetero) is 1. The van der Waals surface area contributed by atoms with Crippen molar-refractivity contribution in [1.82, 2.24) is 4.31 Å². The Morgan fingerprint density at radius 2 is 1.67 bits per heavy atom. The van der Waals surface area contributed by atoms with Crippen molar-refractivity contribution in [1.29, 1.82) is 0 Å². The summed E-state index contributed by atoms with van der Waals surface area (Å²) in [7, 11) is -2.22. The van der Waals surface area contributed by atoms with Crippen LogP contribution in [0.4, 0.5) is 11.4 Å². The zero-order chi connectivity index (χ0) is 22.3. The molecule has 2 aromatic rings. The maximum absolute atomic E-state index is 12.8. The van der Waals surface area contributed by atoms with Crippen molar-refractivity contribution < 1.29 is 22.7 Å². The number of benzene rings is 2. The molecular weight excluding hydrogens is 406 g/mol. The van der Waals surface area contributed by atoms with Crippen molar-refractivity contribution in [2.24, 2.45) is 0 Å². The van der Waals surface area contributed by atoms with E-state index in [1.807, 2.05) is 0 Å². The number of rotatable bonds is 10. The SMILES string of the molecule is CCN(CC)S(=O)(=O)c1ccc(OC)c(NC(=O)CNc2ccc(C(C)=O)cc2)c1. The molecule has 9 heteroatoms. The zero-order valence-corrected chi connectivity index (χ0v) is 18.4. The van der Waals surface area contributed by atoms with Gasteiger partial charge in [-0.3, -0.25) is 9.59 Å². The number of hydrogen-bond donors (Lipinski definition) is 2. The van der Waals surface area contributed by atoms with E-state index in [-0.39, 0.29) is 28.8 Å². The number of nitrogens with zero attached hydrogens (tertiary/aromatic N) is 1. The minimum atomic E-state index is -3.67. The van der Waals surface area contributed by atoms with Crippen LogP contribution in [-0.2, 0) is 14.8 Å². The third-order valence-electron chi connectivity index (χ3n) is 4.53. The number of carbonyl (C=O) groups excluding carboxylic acids is 2. The Kier molecular flexibility index (Phi) is 7.96. The van der Waals surface area contributed by atoms with E-state index in [4.69, 9.17) is 4.74 Å². The second-order valence-corrected chi connectivity index (χ2v) is 8.42. The van der Waals surface area contributed by atoms with Gasteiger partial charge in [-0.15, -0.1) is 0 Å². The highest BCUT2D eigenvalue weighted by molar-refractivity contribution is 7.89. The number of carbonyl (C=O) groups is 2. The molecule has 0 saturated heterocycles. The first-order valence-corrected chi connectivity index (χ1v) is 11.0. The standard InChI is InChI=1S/C21H27N3O5S/c1-5-24(6-2)30(27,28)18-11-12-20(29-4)19(13-18)23-21(26)14-22-17-9-7-16(8-10-17)15(3)25/h7-13,22H,5-6,14H2,1-4H3,(H,23,26). The monoisotopic (exact) mass is 433 g/mol. The summed E-state index contributed by atoms with van der Waals surface area (Å²) in [5, 5.41) is 5.64. The lowest BCUT2D eigenvalue weighted by Gasteiger charge is -2.19. The van der Waals surface area contributed by atoms with Crippen LogP contribution >= 0.6 is 0 Å². The summed E-state index contributed by atoms with van der Waals surface area (Å²) in [5.74, 6) is -0.0556. The van der Waals surface area contributed by atoms with Gasteiger partial charge in [0.05, 0.1) is 24.2 Å². The number of nitrogens with one attached hydrogen (secondary N) is 2. The third kappa shape index (κ3) is 5.58. The molecule has 0 aliphatic carbocycles. The number of methoxy groups -OCH3 is 1. The van der Waals surface area contributed by atoms with Gasteiger partial charge < -0.3 is 15.4 Å². The minimum Gasteiger partial charge on any atom is -0.495 e. The van der Waals surface area contributed by atoms with Gasteiger partial charge in [-0.1, -0.05) is 13.8 Å². The Morgan fingerprint density at radius 3 is 2.20 bits per heavy atom. The zero-order valence-electron chi connectivity index (χ0n) is 17.6. The highest BCUT2D eigenvalue weighted by Crippen LogP contribution is 2.29. The first kappa shape index (κ1) is 23.4. The van der Waals surface area contributed by atoms with Gasteiger partial charge in [0, 0.05) is 24.3 Å². The summed E-state index contributed by atoms with van der Waals surface area (Å²) < 4.78 is 32.1. The molecule has 0 spiro atoms. The van der Waals surface area contributed by atoms with Crippen molar-refractivity contribution in [2.45, 2.75) is 25.7 Å². The maximum Gasteiger partial charge on any atom is 0.243 e. The van der Waals surface area contributed by atoms with Crippen LogP contribution < -0.4 is 15.4 Å². The molecule has 0 radical (unpaired) electrons. The Balaban J connectivity index is 2.14. The first-order chi connectivity index (χ1) is 14.2. The van der Waals surface area contributed by atoms with E-state index in [1.54, 1.807) is 38.1 Å². The topological polar surface area (TPSA) is 105 Å². The summed E-state index contributed by atoms with van der Waals surface area (Å²) in [6.07, 6.45) is 0. The van der Waals surface area contributed by atoms with E-state index < -0.39 is 10.0 Å². The fourth-order valence-corrected chi connectivity index (χ4v) is 4.34. The third-order valence-corrected chi connectivity index (χ3v) is 6.58. The van der Waals surface area contributed by atoms with E-state index in [9.17, 15) is 18.0 Å². The van der Waals surface area contributed by atoms with Crippen molar-refractivity contribution in [3.05, 3.63) is 48.0 Å². The molecule has 0 atom stereocenters. The predicted octanol–water partition coefficient (Wildman–Crippen LogP) is 2.98. The number of ether oxygens (including phenoxy) is 1. The van der Waals surface area contributed by atoms with Crippen LogP contribution in [0.25, 0.3) is 0 Å². The summed E-state index contributed by atoms with van der Waals surface area (Å²) >= 11 is 0. The molecule has 0 aliphatic heterocycles. The van der Waals surface area contributed by atoms with Gasteiger partial charge in [0.2, 0.25) is 15.9 Å². The van der Waals surface area contributed by atoms with Crippen LogP contribution in [0.15, 0.2) is 47.4 Å². The Hall–Kier alpha value is -2.91. The van der Waals surface area contributed by atoms with Gasteiger partial charge >= 0.3 is 0 Å². The van der Waals surface area contributed by atoms with Gasteiger partial charge in [0.1, 0.15) is 5.75 Å². The van der Waals surface area contributed by atoms with Crippen LogP contribution in [-0.4, -0.2) is 51.2 Å². The second-order valence-electron chi connectivity index (χ2n) is 6.49. The van der Waals surface area contributed by atoms with E-state index >= 15 is 0 Å². The normalized spacial score (nSPS) is 11.2. The van der Waals surface area contributed by atoms with Crippen LogP contribution in [0.3, 0.4) is 0 Å². The van der Waals surface area contributed by atoms with Crippen LogP contribution in [0.5, 0.6) is 5.75 Å². The predicted molar refractivity (Wildman–Crippen MR) is 117 cm³/mol. The summed E-state index contributed by atoms with van der Waals surface area (Å²) in [6, 6.07) is 11.1. The average molecular weight is 434 g/mol. The fourth-order valence-electron chi connectivity index (χ4n) is 2.86. The summed E-state index contributed by atoms with van der Waals surface area (Å²) in [5.41, 5.74) is 1.53. The molecule has 0 aromatic heterocycles. The Labute approximate surface area is 177 Å². The fraction of sp³-hybridized carbons (Fsp3) is 0.333. The Morgan fingerprint density at radius 1 is 1.03 bits per heavy atom. The molecule has 30 heavy (non-hydrogen) atoms. The molecule has 162 valence electrons. The van der Waals surface area contributed by atoms with Gasteiger partial charge in [-0.2, -0.15) is 4.31 Å². The molecule has 0 fully saturated rings. The molecule has 2 aromatic carbocycles. The summed E-state index contributed by atoms with van der Waals surface area (Å²) in [6.45, 7) is 5.66. The quantitative estimate of drug-likeness (QED) is 0.558. The molecule has 0 unspecified atom stereocenters. The number of ketones is 1. The van der Waals surface area contributed by atoms with Crippen molar-refractivity contribution in [3.8, 4) is 5.75 Å². The smallest absolute Gasteiger partial charge is 0.243 e. The number of sulfonamides is 1. The molecule has 0 heterocycles. The van der Waals surface area contributed by atoms with Crippen molar-refractivity contribution in [3.63, 3.8) is 0 Å². The number of amides is 1. The number of hydrogen-bond acceptors (Lipinski definition) is 6. The van der Waals surface area contributed by atoms with E-state index in [0.717, 1.165) is 0 Å². The van der Waals surface area contributed by atoms with Gasteiger partial charge in [-0.05, 0) is 49.4 Å². The van der Waals surface area contributed by atoms with E-state index in [1.165, 1.54) is 36.5 Å². The van der Waals surface area contributed by atoms with Crippen LogP contribution in [0.1, 0.15) is 31.1 Å². The molecular formula is C21H27N3O5S. The van der Waals surface area contributed by atoms with Crippen molar-refractivity contribution >= 4 is 33.1 Å². The Bertz CT molecular complexity index is 1000. The van der Waals surface area contributed by atoms with Gasteiger partial charge in [-0.25, -0.2) is 8.42 Å². The van der Waals surface area contributed by atoms with E-state index in [2.05, 4.69) is 10.6 Å². The largest absolute Gasteiger partial charge is 0.495 e. The average Bonchev–Trinajstić information content (AvgIpc) is 2.73. The highest BCUT2D eigenvalue weighted by Gasteiger charge is 2.23. The molecule has 1 amide bonds. The molecule has 0 aliphatic rings. The van der Waals surface area contributed by atoms with Gasteiger partial charge in [0.15, 0.2) is 5.78 Å². The molecule has 2 rings (SSSR count). The lowest BCUT2D eigenvalue weighted by molar-refractivity contribution is -0.114. The molecule has 2 N–H and O–H groups in total. The summed E-state index contributed by atoms with van der Waals surface area (Å²) in [4.78, 5) is 23.8. The van der Waals surface area contributed by atoms with Gasteiger partial charge in [0.25, 0.3) is 0 Å². The number of anilines is 2. The molecule has 0 bridgehead atoms. The molecule has 8 nitrogen and oxygen atoms in total.